The summed E-state index contributed by atoms with van der Waals surface area (Å²) in [4.78, 5) is 28.4. The maximum atomic E-state index is 13.6. The average Bonchev–Trinajstić information content (AvgIpc) is 3.41. The third-order valence-corrected chi connectivity index (χ3v) is 6.00. The monoisotopic (exact) mass is 378 g/mol. The van der Waals surface area contributed by atoms with Crippen LogP contribution in [-0.4, -0.2) is 54.4 Å². The van der Waals surface area contributed by atoms with Crippen LogP contribution in [-0.2, 0) is 9.59 Å². The third-order valence-electron chi connectivity index (χ3n) is 6.00. The molecule has 4 rings (SSSR count). The second-order valence-electron chi connectivity index (χ2n) is 8.14. The minimum Gasteiger partial charge on any atom is -0.481 e. The summed E-state index contributed by atoms with van der Waals surface area (Å²) >= 11 is 0. The summed E-state index contributed by atoms with van der Waals surface area (Å²) < 4.78 is 31.9. The van der Waals surface area contributed by atoms with Crippen molar-refractivity contribution in [1.82, 2.24) is 9.80 Å². The van der Waals surface area contributed by atoms with Crippen molar-refractivity contribution in [2.45, 2.75) is 32.1 Å². The van der Waals surface area contributed by atoms with Gasteiger partial charge in [-0.1, -0.05) is 0 Å². The molecule has 2 amide bonds. The summed E-state index contributed by atoms with van der Waals surface area (Å²) in [7, 11) is 0. The molecule has 2 saturated heterocycles. The van der Waals surface area contributed by atoms with E-state index >= 15 is 0 Å². The van der Waals surface area contributed by atoms with Crippen LogP contribution in [0.5, 0.6) is 5.75 Å². The molecule has 3 aliphatic rings. The Morgan fingerprint density at radius 1 is 1.22 bits per heavy atom. The topological polar surface area (TPSA) is 49.9 Å². The van der Waals surface area contributed by atoms with E-state index in [0.717, 1.165) is 44.1 Å². The van der Waals surface area contributed by atoms with E-state index in [1.807, 2.05) is 4.90 Å². The average molecular weight is 378 g/mol. The molecule has 1 spiro atoms. The number of halogens is 2. The molecule has 2 heterocycles. The van der Waals surface area contributed by atoms with Crippen molar-refractivity contribution in [3.63, 3.8) is 0 Å². The van der Waals surface area contributed by atoms with Crippen LogP contribution in [0.25, 0.3) is 0 Å². The summed E-state index contributed by atoms with van der Waals surface area (Å²) in [5.74, 6) is -0.873. The van der Waals surface area contributed by atoms with Gasteiger partial charge in [-0.15, -0.1) is 0 Å². The summed E-state index contributed by atoms with van der Waals surface area (Å²) in [6, 6.07) is 2.92. The van der Waals surface area contributed by atoms with Gasteiger partial charge in [-0.2, -0.15) is 0 Å². The number of hydrogen-bond acceptors (Lipinski definition) is 3. The van der Waals surface area contributed by atoms with Crippen LogP contribution in [0.2, 0.25) is 0 Å². The van der Waals surface area contributed by atoms with Crippen molar-refractivity contribution in [3.05, 3.63) is 29.8 Å². The Bertz CT molecular complexity index is 743. The Morgan fingerprint density at radius 2 is 1.96 bits per heavy atom. The molecule has 0 radical (unpaired) electrons. The smallest absolute Gasteiger partial charge is 0.260 e. The van der Waals surface area contributed by atoms with Gasteiger partial charge in [0.05, 0.1) is 0 Å². The summed E-state index contributed by atoms with van der Waals surface area (Å²) in [5.41, 5.74) is -0.0156. The normalized spacial score (nSPS) is 21.8. The van der Waals surface area contributed by atoms with Gasteiger partial charge in [0, 0.05) is 44.1 Å². The molecule has 146 valence electrons. The molecule has 0 N–H and O–H groups in total. The van der Waals surface area contributed by atoms with Crippen LogP contribution < -0.4 is 4.74 Å². The molecule has 0 atom stereocenters. The number of rotatable bonds is 5. The molecule has 1 aromatic rings. The van der Waals surface area contributed by atoms with Crippen molar-refractivity contribution in [3.8, 4) is 5.75 Å². The minimum atomic E-state index is -0.693. The van der Waals surface area contributed by atoms with E-state index in [9.17, 15) is 18.4 Å². The highest BCUT2D eigenvalue weighted by molar-refractivity contribution is 5.80. The van der Waals surface area contributed by atoms with E-state index in [-0.39, 0.29) is 29.6 Å². The molecular formula is C20H24F2N2O3. The van der Waals surface area contributed by atoms with E-state index in [1.165, 1.54) is 12.8 Å². The first-order valence-electron chi connectivity index (χ1n) is 9.58. The Hall–Kier alpha value is -2.18. The molecule has 27 heavy (non-hydrogen) atoms. The predicted octanol–water partition coefficient (Wildman–Crippen LogP) is 2.59. The molecule has 7 heteroatoms. The van der Waals surface area contributed by atoms with Crippen LogP contribution in [0.4, 0.5) is 8.78 Å². The van der Waals surface area contributed by atoms with E-state index in [0.29, 0.717) is 25.4 Å². The fraction of sp³-hybridized carbons (Fsp3) is 0.600. The summed E-state index contributed by atoms with van der Waals surface area (Å²) in [5, 5.41) is 0. The largest absolute Gasteiger partial charge is 0.481 e. The fourth-order valence-electron chi connectivity index (χ4n) is 4.14. The number of ether oxygens (including phenoxy) is 1. The minimum absolute atomic E-state index is 0.0156. The Labute approximate surface area is 157 Å². The first-order chi connectivity index (χ1) is 12.9. The van der Waals surface area contributed by atoms with E-state index in [4.69, 9.17) is 4.74 Å². The van der Waals surface area contributed by atoms with Crippen LogP contribution in [0.15, 0.2) is 18.2 Å². The first-order valence-corrected chi connectivity index (χ1v) is 9.58. The van der Waals surface area contributed by atoms with Crippen LogP contribution >= 0.6 is 0 Å². The quantitative estimate of drug-likeness (QED) is 0.791. The van der Waals surface area contributed by atoms with E-state index < -0.39 is 11.6 Å². The molecule has 0 unspecified atom stereocenters. The van der Waals surface area contributed by atoms with Gasteiger partial charge in [-0.25, -0.2) is 8.78 Å². The van der Waals surface area contributed by atoms with Crippen molar-refractivity contribution < 1.29 is 23.1 Å². The maximum absolute atomic E-state index is 13.6. The number of nitrogens with zero attached hydrogens (tertiary/aromatic N) is 2. The van der Waals surface area contributed by atoms with Crippen molar-refractivity contribution in [2.75, 3.05) is 32.8 Å². The van der Waals surface area contributed by atoms with Gasteiger partial charge in [0.25, 0.3) is 5.91 Å². The molecule has 0 aromatic heterocycles. The zero-order valence-corrected chi connectivity index (χ0v) is 15.3. The number of carbonyl (C=O) groups excluding carboxylic acids is 2. The SMILES string of the molecule is O=C(COc1cc(F)ccc1F)N1CCC2(CC1)CC(=O)N(CC1CC1)C2. The molecule has 0 bridgehead atoms. The van der Waals surface area contributed by atoms with Gasteiger partial charge >= 0.3 is 0 Å². The zero-order valence-electron chi connectivity index (χ0n) is 15.3. The van der Waals surface area contributed by atoms with Gasteiger partial charge in [0.2, 0.25) is 5.91 Å². The highest BCUT2D eigenvalue weighted by atomic mass is 19.1. The van der Waals surface area contributed by atoms with Crippen molar-refractivity contribution >= 4 is 11.8 Å². The number of carbonyl (C=O) groups is 2. The Balaban J connectivity index is 1.28. The molecule has 5 nitrogen and oxygen atoms in total. The number of amides is 2. The lowest BCUT2D eigenvalue weighted by molar-refractivity contribution is -0.135. The van der Waals surface area contributed by atoms with Crippen molar-refractivity contribution in [2.24, 2.45) is 11.3 Å². The molecule has 2 aliphatic heterocycles. The second-order valence-corrected chi connectivity index (χ2v) is 8.14. The lowest BCUT2D eigenvalue weighted by Gasteiger charge is -2.38. The Kier molecular flexibility index (Phi) is 4.78. The highest BCUT2D eigenvalue weighted by Crippen LogP contribution is 2.42. The molecule has 1 aliphatic carbocycles. The van der Waals surface area contributed by atoms with E-state index in [1.54, 1.807) is 4.90 Å². The zero-order chi connectivity index (χ0) is 19.0. The van der Waals surface area contributed by atoms with Crippen molar-refractivity contribution in [1.29, 1.82) is 0 Å². The summed E-state index contributed by atoms with van der Waals surface area (Å²) in [6.07, 6.45) is 4.61. The lowest BCUT2D eigenvalue weighted by Crippen LogP contribution is -2.45. The highest BCUT2D eigenvalue weighted by Gasteiger charge is 2.46. The molecule has 1 saturated carbocycles. The van der Waals surface area contributed by atoms with Gasteiger partial charge in [0.15, 0.2) is 18.2 Å². The lowest BCUT2D eigenvalue weighted by atomic mass is 9.77. The number of benzene rings is 1. The molecule has 1 aromatic carbocycles. The van der Waals surface area contributed by atoms with Crippen LogP contribution in [0.3, 0.4) is 0 Å². The molecule has 3 fully saturated rings. The predicted molar refractivity (Wildman–Crippen MR) is 94.0 cm³/mol. The van der Waals surface area contributed by atoms with Gasteiger partial charge in [-0.05, 0) is 43.7 Å². The fourth-order valence-corrected chi connectivity index (χ4v) is 4.14. The van der Waals surface area contributed by atoms with Crippen LogP contribution in [0, 0.1) is 23.0 Å². The first kappa shape index (κ1) is 18.2. The number of hydrogen-bond donors (Lipinski definition) is 0. The Morgan fingerprint density at radius 3 is 2.67 bits per heavy atom. The van der Waals surface area contributed by atoms with Crippen LogP contribution in [0.1, 0.15) is 32.1 Å². The third kappa shape index (κ3) is 4.06. The van der Waals surface area contributed by atoms with Gasteiger partial charge < -0.3 is 14.5 Å². The number of piperidine rings is 1. The second kappa shape index (κ2) is 7.09. The summed E-state index contributed by atoms with van der Waals surface area (Å²) in [6.45, 7) is 2.50. The standard InChI is InChI=1S/C20H24F2N2O3/c21-15-3-4-16(22)17(9-15)27-12-19(26)23-7-5-20(6-8-23)10-18(25)24(13-20)11-14-1-2-14/h3-4,9,14H,1-2,5-8,10-13H2. The van der Waals surface area contributed by atoms with Gasteiger partial charge in [-0.3, -0.25) is 9.59 Å². The molecular weight excluding hydrogens is 354 g/mol. The number of likely N-dealkylation sites (tertiary alicyclic amines) is 2. The maximum Gasteiger partial charge on any atom is 0.260 e. The van der Waals surface area contributed by atoms with E-state index in [2.05, 4.69) is 0 Å². The van der Waals surface area contributed by atoms with Gasteiger partial charge in [0.1, 0.15) is 5.82 Å².